The van der Waals surface area contributed by atoms with Gasteiger partial charge in [0, 0.05) is 6.54 Å². The Bertz CT molecular complexity index is 925. The minimum Gasteiger partial charge on any atom is -0.481 e. The van der Waals surface area contributed by atoms with Gasteiger partial charge < -0.3 is 54.4 Å². The first kappa shape index (κ1) is 37.0. The van der Waals surface area contributed by atoms with Crippen molar-refractivity contribution in [1.82, 2.24) is 21.3 Å². The maximum Gasteiger partial charge on any atom is 0.322 e. The van der Waals surface area contributed by atoms with Gasteiger partial charge in [0.2, 0.25) is 23.6 Å². The zero-order chi connectivity index (χ0) is 31.5. The van der Waals surface area contributed by atoms with E-state index in [-0.39, 0.29) is 37.7 Å². The van der Waals surface area contributed by atoms with Crippen LogP contribution >= 0.6 is 0 Å². The predicted molar refractivity (Wildman–Crippen MR) is 149 cm³/mol. The average molecular weight is 588 g/mol. The number of nitrogens with one attached hydrogen (secondary N) is 4. The van der Waals surface area contributed by atoms with Crippen LogP contribution in [0, 0.1) is 5.92 Å². The fraction of sp³-hybridized carbons (Fsp3) is 0.708. The second kappa shape index (κ2) is 20.0. The lowest BCUT2D eigenvalue weighted by Crippen LogP contribution is -2.58. The zero-order valence-electron chi connectivity index (χ0n) is 23.6. The summed E-state index contributed by atoms with van der Waals surface area (Å²) < 4.78 is 0. The molecule has 0 aromatic heterocycles. The van der Waals surface area contributed by atoms with Crippen LogP contribution in [-0.4, -0.2) is 95.5 Å². The van der Waals surface area contributed by atoms with Crippen LogP contribution in [0.3, 0.4) is 0 Å². The molecule has 0 aromatic carbocycles. The van der Waals surface area contributed by atoms with E-state index in [1.165, 1.54) is 0 Å². The van der Waals surface area contributed by atoms with Crippen LogP contribution in [0.4, 0.5) is 0 Å². The van der Waals surface area contributed by atoms with E-state index >= 15 is 0 Å². The van der Waals surface area contributed by atoms with Crippen LogP contribution in [0.5, 0.6) is 0 Å². The van der Waals surface area contributed by atoms with Crippen LogP contribution < -0.4 is 44.2 Å². The monoisotopic (exact) mass is 587 g/mol. The molecule has 4 atom stereocenters. The topological polar surface area (TPSA) is 307 Å². The van der Waals surface area contributed by atoms with Crippen LogP contribution in [-0.2, 0) is 28.8 Å². The molecule has 0 heterocycles. The van der Waals surface area contributed by atoms with E-state index < -0.39 is 72.7 Å². The Morgan fingerprint density at radius 2 is 1.34 bits per heavy atom. The highest BCUT2D eigenvalue weighted by molar-refractivity contribution is 5.96. The van der Waals surface area contributed by atoms with Crippen molar-refractivity contribution >= 4 is 41.5 Å². The first-order valence-electron chi connectivity index (χ1n) is 13.3. The molecular formula is C24H45N9O8. The Morgan fingerprint density at radius 3 is 1.88 bits per heavy atom. The summed E-state index contributed by atoms with van der Waals surface area (Å²) in [5.74, 6) is -6.26. The molecule has 234 valence electrons. The van der Waals surface area contributed by atoms with E-state index in [4.69, 9.17) is 28.0 Å². The normalized spacial score (nSPS) is 13.7. The first-order chi connectivity index (χ1) is 19.2. The molecule has 0 aliphatic carbocycles. The molecule has 0 spiro atoms. The van der Waals surface area contributed by atoms with E-state index in [1.807, 2.05) is 0 Å². The third kappa shape index (κ3) is 17.3. The van der Waals surface area contributed by atoms with Gasteiger partial charge in [0.05, 0.1) is 12.5 Å². The summed E-state index contributed by atoms with van der Waals surface area (Å²) in [4.78, 5) is 77.5. The summed E-state index contributed by atoms with van der Waals surface area (Å²) in [6.07, 6.45) is 1.10. The summed E-state index contributed by atoms with van der Waals surface area (Å²) in [5, 5.41) is 27.6. The van der Waals surface area contributed by atoms with E-state index in [0.29, 0.717) is 25.8 Å². The highest BCUT2D eigenvalue weighted by atomic mass is 16.4. The van der Waals surface area contributed by atoms with E-state index in [9.17, 15) is 33.9 Å². The van der Waals surface area contributed by atoms with Gasteiger partial charge in [0.1, 0.15) is 24.7 Å². The molecule has 14 N–H and O–H groups in total. The summed E-state index contributed by atoms with van der Waals surface area (Å²) in [6, 6.07) is -4.98. The molecule has 0 aromatic rings. The van der Waals surface area contributed by atoms with Gasteiger partial charge >= 0.3 is 11.9 Å². The number of hydrogen-bond donors (Lipinski definition) is 10. The molecule has 4 amide bonds. The van der Waals surface area contributed by atoms with Gasteiger partial charge in [-0.2, -0.15) is 0 Å². The maximum absolute atomic E-state index is 13.2. The number of aliphatic imine (C=N–C) groups is 1. The third-order valence-electron chi connectivity index (χ3n) is 5.65. The number of nitrogens with zero attached hydrogens (tertiary/aromatic N) is 1. The van der Waals surface area contributed by atoms with E-state index in [2.05, 4.69) is 26.3 Å². The number of amides is 4. The van der Waals surface area contributed by atoms with Gasteiger partial charge in [-0.1, -0.05) is 20.3 Å². The number of carboxylic acid groups (broad SMARTS) is 2. The largest absolute Gasteiger partial charge is 0.481 e. The van der Waals surface area contributed by atoms with Crippen molar-refractivity contribution in [3.8, 4) is 0 Å². The Hall–Kier alpha value is -3.99. The van der Waals surface area contributed by atoms with Crippen molar-refractivity contribution in [2.45, 2.75) is 83.0 Å². The van der Waals surface area contributed by atoms with Crippen LogP contribution in [0.15, 0.2) is 4.99 Å². The predicted octanol–water partition coefficient (Wildman–Crippen LogP) is -3.33. The maximum atomic E-state index is 13.2. The van der Waals surface area contributed by atoms with Gasteiger partial charge in [0.25, 0.3) is 0 Å². The van der Waals surface area contributed by atoms with Crippen molar-refractivity contribution in [3.63, 3.8) is 0 Å². The lowest BCUT2D eigenvalue weighted by molar-refractivity contribution is -0.142. The molecule has 0 radical (unpaired) electrons. The van der Waals surface area contributed by atoms with Crippen molar-refractivity contribution in [3.05, 3.63) is 0 Å². The van der Waals surface area contributed by atoms with Crippen molar-refractivity contribution in [1.29, 1.82) is 0 Å². The molecule has 0 bridgehead atoms. The van der Waals surface area contributed by atoms with Crippen LogP contribution in [0.2, 0.25) is 0 Å². The molecule has 0 rings (SSSR count). The second-order valence-corrected chi connectivity index (χ2v) is 9.86. The van der Waals surface area contributed by atoms with Crippen molar-refractivity contribution in [2.24, 2.45) is 33.8 Å². The number of aliphatic carboxylic acids is 2. The molecule has 0 fully saturated rings. The number of carbonyl (C=O) groups is 6. The quantitative estimate of drug-likeness (QED) is 0.0358. The number of rotatable bonds is 21. The number of unbranched alkanes of at least 4 members (excludes halogenated alkanes) is 1. The molecule has 0 aliphatic rings. The van der Waals surface area contributed by atoms with Gasteiger partial charge in [-0.05, 0) is 44.6 Å². The number of guanidine groups is 1. The molecule has 0 unspecified atom stereocenters. The molecule has 41 heavy (non-hydrogen) atoms. The molecule has 0 aliphatic heterocycles. The minimum atomic E-state index is -1.63. The minimum absolute atomic E-state index is 0.0266. The SMILES string of the molecule is CC(C)C[C@H](NC(=O)[C@H](CC(=O)O)NC(=O)[C@H](CCCN=C(N)N)NC(=O)[C@@H](N)CCCCN)C(=O)NCC(=O)O. The van der Waals surface area contributed by atoms with Gasteiger partial charge in [-0.25, -0.2) is 0 Å². The third-order valence-corrected chi connectivity index (χ3v) is 5.65. The summed E-state index contributed by atoms with van der Waals surface area (Å²) in [6.45, 7) is 3.39. The lowest BCUT2D eigenvalue weighted by atomic mass is 10.0. The molecule has 0 saturated heterocycles. The second-order valence-electron chi connectivity index (χ2n) is 9.86. The molecule has 0 saturated carbocycles. The Labute approximate surface area is 238 Å². The Balaban J connectivity index is 5.75. The van der Waals surface area contributed by atoms with Crippen molar-refractivity contribution in [2.75, 3.05) is 19.6 Å². The molecular weight excluding hydrogens is 542 g/mol. The standard InChI is InChI=1S/C24H45N9O8/c1-13(2)10-16(21(39)30-12-19(36)37)32-23(41)17(11-18(34)35)33-22(40)15(7-5-9-29-24(27)28)31-20(38)14(26)6-3-4-8-25/h13-17H,3-12,25-26H2,1-2H3,(H,30,39)(H,31,38)(H,32,41)(H,33,40)(H,34,35)(H,36,37)(H4,27,28,29)/t14-,15-,16-,17-/m0/s1. The fourth-order valence-electron chi connectivity index (χ4n) is 3.61. The van der Waals surface area contributed by atoms with Gasteiger partial charge in [0.15, 0.2) is 5.96 Å². The highest BCUT2D eigenvalue weighted by Gasteiger charge is 2.32. The number of carbonyl (C=O) groups excluding carboxylic acids is 4. The van der Waals surface area contributed by atoms with Gasteiger partial charge in [-0.15, -0.1) is 0 Å². The lowest BCUT2D eigenvalue weighted by Gasteiger charge is -2.25. The number of hydrogen-bond acceptors (Lipinski definition) is 9. The highest BCUT2D eigenvalue weighted by Crippen LogP contribution is 2.08. The summed E-state index contributed by atoms with van der Waals surface area (Å²) in [5.41, 5.74) is 22.0. The van der Waals surface area contributed by atoms with E-state index in [0.717, 1.165) is 0 Å². The zero-order valence-corrected chi connectivity index (χ0v) is 23.6. The molecule has 17 nitrogen and oxygen atoms in total. The fourth-order valence-corrected chi connectivity index (χ4v) is 3.61. The van der Waals surface area contributed by atoms with Gasteiger partial charge in [-0.3, -0.25) is 33.8 Å². The Morgan fingerprint density at radius 1 is 0.756 bits per heavy atom. The number of carboxylic acids is 2. The van der Waals surface area contributed by atoms with E-state index in [1.54, 1.807) is 13.8 Å². The average Bonchev–Trinajstić information content (AvgIpc) is 2.87. The first-order valence-corrected chi connectivity index (χ1v) is 13.3. The van der Waals surface area contributed by atoms with Crippen molar-refractivity contribution < 1.29 is 39.0 Å². The van der Waals surface area contributed by atoms with Crippen LogP contribution in [0.1, 0.15) is 58.8 Å². The summed E-state index contributed by atoms with van der Waals surface area (Å²) in [7, 11) is 0. The summed E-state index contributed by atoms with van der Waals surface area (Å²) >= 11 is 0. The number of nitrogens with two attached hydrogens (primary N) is 4. The Kier molecular flexibility index (Phi) is 18.0. The van der Waals surface area contributed by atoms with Crippen LogP contribution in [0.25, 0.3) is 0 Å². The molecule has 17 heteroatoms. The smallest absolute Gasteiger partial charge is 0.322 e.